The Labute approximate surface area is 88.3 Å². The average molecular weight is 209 g/mol. The van der Waals surface area contributed by atoms with Gasteiger partial charge >= 0.3 is 0 Å². The first-order valence-electron chi connectivity index (χ1n) is 5.00. The fourth-order valence-corrected chi connectivity index (χ4v) is 2.57. The number of carbonyl (C=O) groups is 1. The lowest BCUT2D eigenvalue weighted by atomic mass is 9.91. The molecule has 1 aromatic rings. The maximum absolute atomic E-state index is 12.0. The van der Waals surface area contributed by atoms with Gasteiger partial charge in [-0.05, 0) is 48.7 Å². The van der Waals surface area contributed by atoms with Gasteiger partial charge < -0.3 is 5.32 Å². The molecule has 2 rings (SSSR count). The summed E-state index contributed by atoms with van der Waals surface area (Å²) < 4.78 is 0. The van der Waals surface area contributed by atoms with Crippen molar-refractivity contribution < 1.29 is 4.79 Å². The number of nitrogens with one attached hydrogen (secondary N) is 1. The quantitative estimate of drug-likeness (QED) is 0.825. The Morgan fingerprint density at radius 3 is 3.14 bits per heavy atom. The van der Waals surface area contributed by atoms with Crippen LogP contribution in [0.3, 0.4) is 0 Å². The molecule has 14 heavy (non-hydrogen) atoms. The summed E-state index contributed by atoms with van der Waals surface area (Å²) in [7, 11) is 0. The number of carbonyl (C=O) groups excluding carboxylic acids is 1. The van der Waals surface area contributed by atoms with Gasteiger partial charge in [0.2, 0.25) is 0 Å². The minimum Gasteiger partial charge on any atom is -0.305 e. The summed E-state index contributed by atoms with van der Waals surface area (Å²) in [6.45, 7) is 3.00. The zero-order valence-corrected chi connectivity index (χ0v) is 9.19. The first-order chi connectivity index (χ1) is 6.71. The van der Waals surface area contributed by atoms with E-state index in [0.717, 1.165) is 24.9 Å². The van der Waals surface area contributed by atoms with Crippen molar-refractivity contribution >= 4 is 17.1 Å². The van der Waals surface area contributed by atoms with E-state index >= 15 is 0 Å². The molecule has 2 nitrogen and oxygen atoms in total. The summed E-state index contributed by atoms with van der Waals surface area (Å²) in [6.07, 6.45) is 2.68. The van der Waals surface area contributed by atoms with Gasteiger partial charge in [0.05, 0.1) is 5.54 Å². The van der Waals surface area contributed by atoms with Crippen LogP contribution in [0.2, 0.25) is 0 Å². The molecule has 1 unspecified atom stereocenters. The number of hydrogen-bond acceptors (Lipinski definition) is 3. The summed E-state index contributed by atoms with van der Waals surface area (Å²) in [4.78, 5) is 12.0. The van der Waals surface area contributed by atoms with Crippen LogP contribution in [0.15, 0.2) is 16.8 Å². The van der Waals surface area contributed by atoms with Gasteiger partial charge in [-0.15, -0.1) is 0 Å². The molecule has 1 N–H and O–H groups in total. The molecular weight excluding hydrogens is 194 g/mol. The predicted octanol–water partition coefficient (Wildman–Crippen LogP) is 2.00. The Kier molecular flexibility index (Phi) is 2.70. The minimum atomic E-state index is -0.262. The summed E-state index contributed by atoms with van der Waals surface area (Å²) in [5.74, 6) is 0.327. The summed E-state index contributed by atoms with van der Waals surface area (Å²) in [6, 6.07) is 2.03. The Hall–Kier alpha value is -0.670. The van der Waals surface area contributed by atoms with Gasteiger partial charge in [0, 0.05) is 6.42 Å². The first-order valence-corrected chi connectivity index (χ1v) is 5.94. The van der Waals surface area contributed by atoms with Gasteiger partial charge in [0.15, 0.2) is 5.78 Å². The highest BCUT2D eigenvalue weighted by atomic mass is 32.1. The molecule has 0 amide bonds. The molecule has 0 aromatic carbocycles. The van der Waals surface area contributed by atoms with E-state index in [1.165, 1.54) is 0 Å². The smallest absolute Gasteiger partial charge is 0.156 e. The van der Waals surface area contributed by atoms with Crippen LogP contribution >= 0.6 is 11.3 Å². The number of rotatable bonds is 3. The van der Waals surface area contributed by atoms with Gasteiger partial charge in [-0.25, -0.2) is 0 Å². The maximum atomic E-state index is 12.0. The van der Waals surface area contributed by atoms with Gasteiger partial charge in [-0.2, -0.15) is 11.3 Å². The number of ketones is 1. The normalized spacial score (nSPS) is 26.6. The monoisotopic (exact) mass is 209 g/mol. The molecule has 1 fully saturated rings. The molecule has 1 atom stereocenters. The summed E-state index contributed by atoms with van der Waals surface area (Å²) in [5, 5.41) is 7.37. The fourth-order valence-electron chi connectivity index (χ4n) is 1.91. The second-order valence-electron chi connectivity index (χ2n) is 4.09. The standard InChI is InChI=1S/C11H15NOS/c1-11(4-2-5-12-11)10(13)7-9-3-6-14-8-9/h3,6,8,12H,2,4-5,7H2,1H3. The van der Waals surface area contributed by atoms with Crippen molar-refractivity contribution in [3.05, 3.63) is 22.4 Å². The Bertz CT molecular complexity index is 312. The molecule has 0 bridgehead atoms. The lowest BCUT2D eigenvalue weighted by molar-refractivity contribution is -0.123. The molecule has 1 saturated heterocycles. The molecule has 1 aromatic heterocycles. The summed E-state index contributed by atoms with van der Waals surface area (Å²) >= 11 is 1.65. The molecular formula is C11H15NOS. The number of hydrogen-bond donors (Lipinski definition) is 1. The predicted molar refractivity (Wildman–Crippen MR) is 58.7 cm³/mol. The van der Waals surface area contributed by atoms with Gasteiger partial charge in [-0.1, -0.05) is 0 Å². The van der Waals surface area contributed by atoms with E-state index in [1.807, 2.05) is 18.4 Å². The molecule has 0 radical (unpaired) electrons. The van der Waals surface area contributed by atoms with E-state index in [4.69, 9.17) is 0 Å². The van der Waals surface area contributed by atoms with Crippen LogP contribution < -0.4 is 5.32 Å². The Morgan fingerprint density at radius 2 is 2.57 bits per heavy atom. The van der Waals surface area contributed by atoms with Crippen molar-refractivity contribution in [1.82, 2.24) is 5.32 Å². The van der Waals surface area contributed by atoms with Crippen molar-refractivity contribution in [1.29, 1.82) is 0 Å². The van der Waals surface area contributed by atoms with Crippen LogP contribution in [-0.4, -0.2) is 17.9 Å². The van der Waals surface area contributed by atoms with Gasteiger partial charge in [0.25, 0.3) is 0 Å². The lowest BCUT2D eigenvalue weighted by Gasteiger charge is -2.22. The van der Waals surface area contributed by atoms with Crippen LogP contribution in [0.5, 0.6) is 0 Å². The van der Waals surface area contributed by atoms with Crippen LogP contribution in [0.4, 0.5) is 0 Å². The van der Waals surface area contributed by atoms with Gasteiger partial charge in [0.1, 0.15) is 0 Å². The third-order valence-electron chi connectivity index (χ3n) is 2.93. The third-order valence-corrected chi connectivity index (χ3v) is 3.66. The molecule has 0 spiro atoms. The highest BCUT2D eigenvalue weighted by Gasteiger charge is 2.35. The molecule has 3 heteroatoms. The molecule has 1 aliphatic rings. The fraction of sp³-hybridized carbons (Fsp3) is 0.545. The topological polar surface area (TPSA) is 29.1 Å². The minimum absolute atomic E-state index is 0.262. The van der Waals surface area contributed by atoms with Crippen LogP contribution in [0.1, 0.15) is 25.3 Å². The molecule has 1 aliphatic heterocycles. The molecule has 0 aliphatic carbocycles. The maximum Gasteiger partial charge on any atom is 0.156 e. The summed E-state index contributed by atoms with van der Waals surface area (Å²) in [5.41, 5.74) is 0.886. The van der Waals surface area contributed by atoms with E-state index in [9.17, 15) is 4.79 Å². The average Bonchev–Trinajstić information content (AvgIpc) is 2.76. The second-order valence-corrected chi connectivity index (χ2v) is 4.87. The van der Waals surface area contributed by atoms with Crippen molar-refractivity contribution in [2.45, 2.75) is 31.7 Å². The van der Waals surface area contributed by atoms with Crippen LogP contribution in [-0.2, 0) is 11.2 Å². The molecule has 76 valence electrons. The van der Waals surface area contributed by atoms with Gasteiger partial charge in [-0.3, -0.25) is 4.79 Å². The Morgan fingerprint density at radius 1 is 1.71 bits per heavy atom. The van der Waals surface area contributed by atoms with Crippen molar-refractivity contribution in [3.63, 3.8) is 0 Å². The molecule has 0 saturated carbocycles. The van der Waals surface area contributed by atoms with E-state index in [2.05, 4.69) is 10.7 Å². The van der Waals surface area contributed by atoms with Crippen LogP contribution in [0, 0.1) is 0 Å². The Balaban J connectivity index is 2.02. The largest absolute Gasteiger partial charge is 0.305 e. The first kappa shape index (κ1) is 9.87. The lowest BCUT2D eigenvalue weighted by Crippen LogP contribution is -2.45. The highest BCUT2D eigenvalue weighted by Crippen LogP contribution is 2.21. The highest BCUT2D eigenvalue weighted by molar-refractivity contribution is 7.08. The SMILES string of the molecule is CC1(C(=O)Cc2ccsc2)CCCN1. The number of thiophene rings is 1. The number of Topliss-reactive ketones (excluding diaryl/α,β-unsaturated/α-hetero) is 1. The van der Waals surface area contributed by atoms with E-state index in [0.29, 0.717) is 12.2 Å². The van der Waals surface area contributed by atoms with Crippen molar-refractivity contribution in [2.24, 2.45) is 0 Å². The zero-order chi connectivity index (χ0) is 10.0. The second kappa shape index (κ2) is 3.83. The van der Waals surface area contributed by atoms with E-state index < -0.39 is 0 Å². The van der Waals surface area contributed by atoms with Crippen molar-refractivity contribution in [3.8, 4) is 0 Å². The third kappa shape index (κ3) is 1.88. The van der Waals surface area contributed by atoms with E-state index in [-0.39, 0.29) is 5.54 Å². The molecule has 2 heterocycles. The van der Waals surface area contributed by atoms with E-state index in [1.54, 1.807) is 11.3 Å². The van der Waals surface area contributed by atoms with Crippen molar-refractivity contribution in [2.75, 3.05) is 6.54 Å². The zero-order valence-electron chi connectivity index (χ0n) is 8.38. The van der Waals surface area contributed by atoms with Crippen LogP contribution in [0.25, 0.3) is 0 Å².